The Morgan fingerprint density at radius 2 is 1.91 bits per heavy atom. The van der Waals surface area contributed by atoms with Crippen molar-refractivity contribution in [2.75, 3.05) is 20.7 Å². The first-order chi connectivity index (χ1) is 10.5. The third-order valence-electron chi connectivity index (χ3n) is 2.81. The van der Waals surface area contributed by atoms with Gasteiger partial charge < -0.3 is 20.1 Å². The lowest BCUT2D eigenvalue weighted by Crippen LogP contribution is -2.38. The summed E-state index contributed by atoms with van der Waals surface area (Å²) in [6.45, 7) is 2.52. The van der Waals surface area contributed by atoms with Gasteiger partial charge in [-0.05, 0) is 23.6 Å². The topological polar surface area (TPSA) is 54.9 Å². The van der Waals surface area contributed by atoms with Gasteiger partial charge in [0.1, 0.15) is 0 Å². The van der Waals surface area contributed by atoms with Crippen LogP contribution < -0.4 is 20.1 Å². The van der Waals surface area contributed by atoms with Crippen molar-refractivity contribution in [3.05, 3.63) is 23.8 Å². The van der Waals surface area contributed by atoms with E-state index in [0.29, 0.717) is 18.4 Å². The van der Waals surface area contributed by atoms with Crippen molar-refractivity contribution < 1.29 is 18.3 Å². The molecule has 0 aliphatic carbocycles. The zero-order valence-electron chi connectivity index (χ0n) is 13.7. The quantitative estimate of drug-likeness (QED) is 0.386. The molecule has 23 heavy (non-hydrogen) atoms. The molecule has 0 bridgehead atoms. The van der Waals surface area contributed by atoms with Crippen LogP contribution in [0.2, 0.25) is 0 Å². The van der Waals surface area contributed by atoms with Gasteiger partial charge in [-0.25, -0.2) is 0 Å². The fraction of sp³-hybridized carbons (Fsp3) is 0.533. The predicted molar refractivity (Wildman–Crippen MR) is 98.1 cm³/mol. The second-order valence-electron chi connectivity index (χ2n) is 5.06. The van der Waals surface area contributed by atoms with E-state index in [-0.39, 0.29) is 35.5 Å². The molecule has 2 N–H and O–H groups in total. The van der Waals surface area contributed by atoms with Crippen LogP contribution in [0.25, 0.3) is 0 Å². The number of nitrogens with zero attached hydrogens (tertiary/aromatic N) is 1. The van der Waals surface area contributed by atoms with E-state index >= 15 is 0 Å². The molecule has 0 aliphatic rings. The third-order valence-corrected chi connectivity index (χ3v) is 2.81. The van der Waals surface area contributed by atoms with Gasteiger partial charge in [-0.3, -0.25) is 4.99 Å². The van der Waals surface area contributed by atoms with Crippen molar-refractivity contribution in [2.45, 2.75) is 27.0 Å². The molecule has 1 rings (SSSR count). The Morgan fingerprint density at radius 3 is 2.43 bits per heavy atom. The van der Waals surface area contributed by atoms with E-state index in [4.69, 9.17) is 4.74 Å². The van der Waals surface area contributed by atoms with Gasteiger partial charge in [0.25, 0.3) is 0 Å². The van der Waals surface area contributed by atoms with Crippen molar-refractivity contribution in [3.8, 4) is 11.5 Å². The van der Waals surface area contributed by atoms with Crippen molar-refractivity contribution >= 4 is 29.9 Å². The number of alkyl halides is 2. The predicted octanol–water partition coefficient (Wildman–Crippen LogP) is 3.24. The van der Waals surface area contributed by atoms with E-state index < -0.39 is 6.61 Å². The molecule has 5 nitrogen and oxygen atoms in total. The highest BCUT2D eigenvalue weighted by Crippen LogP contribution is 2.29. The van der Waals surface area contributed by atoms with E-state index in [0.717, 1.165) is 12.1 Å². The molecule has 0 aromatic heterocycles. The molecule has 132 valence electrons. The second kappa shape index (κ2) is 11.3. The minimum atomic E-state index is -2.89. The number of nitrogens with one attached hydrogen (secondary N) is 2. The van der Waals surface area contributed by atoms with Crippen LogP contribution in [-0.2, 0) is 6.54 Å². The highest BCUT2D eigenvalue weighted by molar-refractivity contribution is 14.0. The Bertz CT molecular complexity index is 500. The molecule has 0 atom stereocenters. The molecule has 0 spiro atoms. The molecule has 0 saturated heterocycles. The van der Waals surface area contributed by atoms with Gasteiger partial charge in [0.2, 0.25) is 0 Å². The van der Waals surface area contributed by atoms with Crippen molar-refractivity contribution in [1.82, 2.24) is 10.6 Å². The Labute approximate surface area is 152 Å². The number of rotatable bonds is 7. The van der Waals surface area contributed by atoms with Crippen LogP contribution in [0.15, 0.2) is 23.2 Å². The molecule has 1 aromatic carbocycles. The number of hydrogen-bond donors (Lipinski definition) is 2. The summed E-state index contributed by atoms with van der Waals surface area (Å²) in [5, 5.41) is 6.29. The zero-order valence-corrected chi connectivity index (χ0v) is 16.1. The molecular weight excluding hydrogens is 419 g/mol. The summed E-state index contributed by atoms with van der Waals surface area (Å²) < 4.78 is 34.2. The number of halogens is 3. The maximum Gasteiger partial charge on any atom is 0.387 e. The van der Waals surface area contributed by atoms with E-state index in [1.807, 2.05) is 0 Å². The van der Waals surface area contributed by atoms with Crippen LogP contribution in [-0.4, -0.2) is 33.3 Å². The lowest BCUT2D eigenvalue weighted by molar-refractivity contribution is -0.0512. The van der Waals surface area contributed by atoms with Crippen LogP contribution in [0.4, 0.5) is 8.78 Å². The number of ether oxygens (including phenoxy) is 2. The summed E-state index contributed by atoms with van der Waals surface area (Å²) >= 11 is 0. The highest BCUT2D eigenvalue weighted by Gasteiger charge is 2.11. The van der Waals surface area contributed by atoms with Gasteiger partial charge >= 0.3 is 6.61 Å². The molecule has 0 aliphatic heterocycles. The minimum Gasteiger partial charge on any atom is -0.493 e. The summed E-state index contributed by atoms with van der Waals surface area (Å²) in [4.78, 5) is 4.10. The molecule has 8 heteroatoms. The summed E-state index contributed by atoms with van der Waals surface area (Å²) in [6.07, 6.45) is 0. The third kappa shape index (κ3) is 8.19. The number of aliphatic imine (C=N–C) groups is 1. The van der Waals surface area contributed by atoms with Gasteiger partial charge in [0.05, 0.1) is 7.11 Å². The van der Waals surface area contributed by atoms with Crippen molar-refractivity contribution in [1.29, 1.82) is 0 Å². The molecule has 1 aromatic rings. The van der Waals surface area contributed by atoms with Crippen LogP contribution in [0, 0.1) is 5.92 Å². The van der Waals surface area contributed by atoms with Crippen molar-refractivity contribution in [2.24, 2.45) is 10.9 Å². The first-order valence-electron chi connectivity index (χ1n) is 7.02. The molecule has 0 fully saturated rings. The number of hydrogen-bond acceptors (Lipinski definition) is 3. The standard InChI is InChI=1S/C15H23F2N3O2.HI/c1-10(2)8-19-15(18-3)20-9-11-5-6-12(21-4)13(7-11)22-14(16)17;/h5-7,10,14H,8-9H2,1-4H3,(H2,18,19,20);1H. The SMILES string of the molecule is CN=C(NCc1ccc(OC)c(OC(F)F)c1)NCC(C)C.I. The highest BCUT2D eigenvalue weighted by atomic mass is 127. The summed E-state index contributed by atoms with van der Waals surface area (Å²) in [5.41, 5.74) is 0.781. The maximum atomic E-state index is 12.4. The molecule has 0 unspecified atom stereocenters. The Kier molecular flexibility index (Phi) is 10.6. The first-order valence-corrected chi connectivity index (χ1v) is 7.02. The van der Waals surface area contributed by atoms with Crippen LogP contribution >= 0.6 is 24.0 Å². The monoisotopic (exact) mass is 443 g/mol. The largest absolute Gasteiger partial charge is 0.493 e. The van der Waals surface area contributed by atoms with Gasteiger partial charge in [0.15, 0.2) is 17.5 Å². The lowest BCUT2D eigenvalue weighted by atomic mass is 10.2. The normalized spacial score (nSPS) is 11.2. The van der Waals surface area contributed by atoms with Gasteiger partial charge in [-0.2, -0.15) is 8.78 Å². The molecule has 0 amide bonds. The molecule has 0 heterocycles. The van der Waals surface area contributed by atoms with Gasteiger partial charge in [-0.15, -0.1) is 24.0 Å². The average molecular weight is 443 g/mol. The van der Waals surface area contributed by atoms with E-state index in [1.54, 1.807) is 19.2 Å². The summed E-state index contributed by atoms with van der Waals surface area (Å²) in [6, 6.07) is 4.90. The van der Waals surface area contributed by atoms with Crippen molar-refractivity contribution in [3.63, 3.8) is 0 Å². The van der Waals surface area contributed by atoms with E-state index in [2.05, 4.69) is 34.2 Å². The average Bonchev–Trinajstić information content (AvgIpc) is 2.46. The van der Waals surface area contributed by atoms with Crippen LogP contribution in [0.3, 0.4) is 0 Å². The van der Waals surface area contributed by atoms with E-state index in [9.17, 15) is 8.78 Å². The number of benzene rings is 1. The first kappa shape index (κ1) is 21.7. The fourth-order valence-corrected chi connectivity index (χ4v) is 1.73. The number of methoxy groups -OCH3 is 1. The summed E-state index contributed by atoms with van der Waals surface area (Å²) in [5.74, 6) is 1.43. The minimum absolute atomic E-state index is 0. The maximum absolute atomic E-state index is 12.4. The lowest BCUT2D eigenvalue weighted by Gasteiger charge is -2.15. The molecular formula is C15H24F2IN3O2. The van der Waals surface area contributed by atoms with Gasteiger partial charge in [0, 0.05) is 20.1 Å². The van der Waals surface area contributed by atoms with Crippen LogP contribution in [0.5, 0.6) is 11.5 Å². The smallest absolute Gasteiger partial charge is 0.387 e. The zero-order chi connectivity index (χ0) is 16.5. The molecule has 0 saturated carbocycles. The van der Waals surface area contributed by atoms with E-state index in [1.165, 1.54) is 13.2 Å². The second-order valence-corrected chi connectivity index (χ2v) is 5.06. The molecule has 0 radical (unpaired) electrons. The Balaban J connectivity index is 0.00000484. The Hall–Kier alpha value is -1.32. The summed E-state index contributed by atoms with van der Waals surface area (Å²) in [7, 11) is 3.08. The fourth-order valence-electron chi connectivity index (χ4n) is 1.73. The Morgan fingerprint density at radius 1 is 1.22 bits per heavy atom. The number of guanidine groups is 1. The van der Waals surface area contributed by atoms with Crippen LogP contribution in [0.1, 0.15) is 19.4 Å². The van der Waals surface area contributed by atoms with Gasteiger partial charge in [-0.1, -0.05) is 19.9 Å².